The van der Waals surface area contributed by atoms with Crippen molar-refractivity contribution in [3.05, 3.63) is 35.9 Å². The molecule has 0 aliphatic carbocycles. The number of amides is 1. The largest absolute Gasteiger partial charge is 0.504 e. The number of allylic oxidation sites excluding steroid dienone is 2. The second-order valence-corrected chi connectivity index (χ2v) is 8.12. The van der Waals surface area contributed by atoms with Crippen molar-refractivity contribution in [3.8, 4) is 11.5 Å². The number of hydrogen-bond donors (Lipinski definition) is 2. The highest BCUT2D eigenvalue weighted by Crippen LogP contribution is 2.26. The fraction of sp³-hybridized carbons (Fsp3) is 0.654. The van der Waals surface area contributed by atoms with Gasteiger partial charge >= 0.3 is 0 Å². The molecule has 0 spiro atoms. The van der Waals surface area contributed by atoms with Crippen LogP contribution in [0.3, 0.4) is 0 Å². The molecule has 0 saturated heterocycles. The predicted octanol–water partition coefficient (Wildman–Crippen LogP) is 6.71. The van der Waals surface area contributed by atoms with Crippen LogP contribution in [0.1, 0.15) is 96.0 Å². The summed E-state index contributed by atoms with van der Waals surface area (Å²) < 4.78 is 5.08. The van der Waals surface area contributed by atoms with E-state index in [1.807, 2.05) is 0 Å². The van der Waals surface area contributed by atoms with Crippen molar-refractivity contribution < 1.29 is 14.6 Å². The first-order valence-corrected chi connectivity index (χ1v) is 11.9. The number of rotatable bonds is 18. The molecule has 0 unspecified atom stereocenters. The van der Waals surface area contributed by atoms with Gasteiger partial charge in [0.25, 0.3) is 0 Å². The van der Waals surface area contributed by atoms with Gasteiger partial charge in [0.15, 0.2) is 11.5 Å². The lowest BCUT2D eigenvalue weighted by Gasteiger charge is -2.08. The molecule has 0 aliphatic rings. The van der Waals surface area contributed by atoms with Crippen molar-refractivity contribution >= 4 is 5.91 Å². The fourth-order valence-electron chi connectivity index (χ4n) is 3.50. The van der Waals surface area contributed by atoms with E-state index in [0.29, 0.717) is 12.2 Å². The zero-order chi connectivity index (χ0) is 21.9. The standard InChI is InChI=1S/C26H43NO3/c1-3-4-5-6-7-8-9-10-11-12-13-14-15-16-17-20-27-26(29)22-23-18-19-24(28)25(21-23)30-2/h10-11,18-19,21,28H,3-9,12-17,20,22H2,1-2H3,(H,27,29)/b11-10-. The van der Waals surface area contributed by atoms with Crippen LogP contribution in [0.4, 0.5) is 0 Å². The molecule has 0 aliphatic heterocycles. The third-order valence-electron chi connectivity index (χ3n) is 5.37. The number of ether oxygens (including phenoxy) is 1. The summed E-state index contributed by atoms with van der Waals surface area (Å²) in [4.78, 5) is 12.0. The first-order chi connectivity index (χ1) is 14.7. The zero-order valence-corrected chi connectivity index (χ0v) is 19.3. The normalized spacial score (nSPS) is 11.1. The molecule has 0 heterocycles. The van der Waals surface area contributed by atoms with Crippen molar-refractivity contribution in [2.45, 2.75) is 96.8 Å². The van der Waals surface area contributed by atoms with Crippen LogP contribution in [0, 0.1) is 0 Å². The molecule has 0 bridgehead atoms. The molecule has 170 valence electrons. The number of methoxy groups -OCH3 is 1. The van der Waals surface area contributed by atoms with E-state index in [9.17, 15) is 9.90 Å². The number of nitrogens with one attached hydrogen (secondary N) is 1. The second-order valence-electron chi connectivity index (χ2n) is 8.12. The Balaban J connectivity index is 1.92. The Morgan fingerprint density at radius 1 is 0.933 bits per heavy atom. The molecule has 1 aromatic carbocycles. The summed E-state index contributed by atoms with van der Waals surface area (Å²) in [6.45, 7) is 2.99. The molecule has 4 nitrogen and oxygen atoms in total. The molecule has 0 radical (unpaired) electrons. The minimum atomic E-state index is 0.0123. The number of benzene rings is 1. The number of phenols is 1. The molecular formula is C26H43NO3. The summed E-state index contributed by atoms with van der Waals surface area (Å²) >= 11 is 0. The van der Waals surface area contributed by atoms with Gasteiger partial charge in [0.1, 0.15) is 0 Å². The summed E-state index contributed by atoms with van der Waals surface area (Å²) in [5, 5.41) is 12.6. The highest BCUT2D eigenvalue weighted by Gasteiger charge is 2.07. The van der Waals surface area contributed by atoms with Gasteiger partial charge in [0, 0.05) is 6.54 Å². The summed E-state index contributed by atoms with van der Waals surface area (Å²) in [5.41, 5.74) is 0.840. The topological polar surface area (TPSA) is 58.6 Å². The molecule has 0 aromatic heterocycles. The van der Waals surface area contributed by atoms with Crippen LogP contribution in [0.2, 0.25) is 0 Å². The number of phenolic OH excluding ortho intramolecular Hbond substituents is 1. The molecule has 4 heteroatoms. The third kappa shape index (κ3) is 13.3. The molecule has 2 N–H and O–H groups in total. The van der Waals surface area contributed by atoms with Crippen molar-refractivity contribution in [2.75, 3.05) is 13.7 Å². The average Bonchev–Trinajstić information content (AvgIpc) is 2.74. The second kappa shape index (κ2) is 17.9. The van der Waals surface area contributed by atoms with Crippen LogP contribution < -0.4 is 10.1 Å². The molecule has 30 heavy (non-hydrogen) atoms. The molecule has 1 rings (SSSR count). The molecule has 0 saturated carbocycles. The van der Waals surface area contributed by atoms with E-state index in [1.54, 1.807) is 18.2 Å². The molecule has 0 atom stereocenters. The lowest BCUT2D eigenvalue weighted by atomic mass is 10.1. The van der Waals surface area contributed by atoms with E-state index < -0.39 is 0 Å². The van der Waals surface area contributed by atoms with E-state index in [1.165, 1.54) is 77.7 Å². The Morgan fingerprint density at radius 3 is 2.17 bits per heavy atom. The van der Waals surface area contributed by atoms with E-state index in [2.05, 4.69) is 24.4 Å². The fourth-order valence-corrected chi connectivity index (χ4v) is 3.50. The van der Waals surface area contributed by atoms with Crippen molar-refractivity contribution in [1.82, 2.24) is 5.32 Å². The number of aromatic hydroxyl groups is 1. The summed E-state index contributed by atoms with van der Waals surface area (Å²) in [6, 6.07) is 5.02. The van der Waals surface area contributed by atoms with Gasteiger partial charge in [-0.25, -0.2) is 0 Å². The SMILES string of the molecule is CCCCCCCC/C=C\CCCCCCCNC(=O)Cc1ccc(O)c(OC)c1. The predicted molar refractivity (Wildman–Crippen MR) is 126 cm³/mol. The number of carbonyl (C=O) groups is 1. The van der Waals surface area contributed by atoms with Crippen molar-refractivity contribution in [3.63, 3.8) is 0 Å². The Hall–Kier alpha value is -1.97. The highest BCUT2D eigenvalue weighted by atomic mass is 16.5. The maximum absolute atomic E-state index is 12.0. The minimum absolute atomic E-state index is 0.0123. The molecule has 1 aromatic rings. The van der Waals surface area contributed by atoms with Crippen molar-refractivity contribution in [1.29, 1.82) is 0 Å². The van der Waals surface area contributed by atoms with E-state index in [-0.39, 0.29) is 11.7 Å². The first-order valence-electron chi connectivity index (χ1n) is 11.9. The Kier molecular flexibility index (Phi) is 15.5. The van der Waals surface area contributed by atoms with Gasteiger partial charge in [-0.3, -0.25) is 4.79 Å². The smallest absolute Gasteiger partial charge is 0.224 e. The number of unbranched alkanes of at least 4 members (excludes halogenated alkanes) is 11. The van der Waals surface area contributed by atoms with Crippen molar-refractivity contribution in [2.24, 2.45) is 0 Å². The van der Waals surface area contributed by atoms with Crippen LogP contribution >= 0.6 is 0 Å². The lowest BCUT2D eigenvalue weighted by Crippen LogP contribution is -2.26. The van der Waals surface area contributed by atoms with Gasteiger partial charge in [-0.05, 0) is 49.8 Å². The monoisotopic (exact) mass is 417 g/mol. The summed E-state index contributed by atoms with van der Waals surface area (Å²) in [7, 11) is 1.51. The first kappa shape index (κ1) is 26.1. The summed E-state index contributed by atoms with van der Waals surface area (Å²) in [5.74, 6) is 0.505. The van der Waals surface area contributed by atoms with Gasteiger partial charge < -0.3 is 15.2 Å². The average molecular weight is 418 g/mol. The van der Waals surface area contributed by atoms with Gasteiger partial charge in [0.2, 0.25) is 5.91 Å². The third-order valence-corrected chi connectivity index (χ3v) is 5.37. The van der Waals surface area contributed by atoms with Crippen LogP contribution in [-0.2, 0) is 11.2 Å². The summed E-state index contributed by atoms with van der Waals surface area (Å²) in [6.07, 6.45) is 21.6. The maximum atomic E-state index is 12.0. The van der Waals surface area contributed by atoms with E-state index >= 15 is 0 Å². The Morgan fingerprint density at radius 2 is 1.53 bits per heavy atom. The maximum Gasteiger partial charge on any atom is 0.224 e. The lowest BCUT2D eigenvalue weighted by molar-refractivity contribution is -0.120. The Bertz CT molecular complexity index is 598. The van der Waals surface area contributed by atoms with Crippen LogP contribution in [0.25, 0.3) is 0 Å². The molecule has 1 amide bonds. The number of carbonyl (C=O) groups excluding carboxylic acids is 1. The van der Waals surface area contributed by atoms with Crippen LogP contribution in [0.15, 0.2) is 30.4 Å². The molecular weight excluding hydrogens is 374 g/mol. The van der Waals surface area contributed by atoms with E-state index in [0.717, 1.165) is 24.9 Å². The van der Waals surface area contributed by atoms with E-state index in [4.69, 9.17) is 4.74 Å². The highest BCUT2D eigenvalue weighted by molar-refractivity contribution is 5.78. The zero-order valence-electron chi connectivity index (χ0n) is 19.3. The number of hydrogen-bond acceptors (Lipinski definition) is 3. The van der Waals surface area contributed by atoms with Gasteiger partial charge in [0.05, 0.1) is 13.5 Å². The quantitative estimate of drug-likeness (QED) is 0.206. The molecule has 0 fully saturated rings. The van der Waals surface area contributed by atoms with Gasteiger partial charge in [-0.2, -0.15) is 0 Å². The van der Waals surface area contributed by atoms with Crippen LogP contribution in [-0.4, -0.2) is 24.7 Å². The van der Waals surface area contributed by atoms with Gasteiger partial charge in [-0.1, -0.05) is 76.5 Å². The Labute approximate surface area is 184 Å². The minimum Gasteiger partial charge on any atom is -0.504 e. The van der Waals surface area contributed by atoms with Crippen LogP contribution in [0.5, 0.6) is 11.5 Å². The van der Waals surface area contributed by atoms with Gasteiger partial charge in [-0.15, -0.1) is 0 Å².